The van der Waals surface area contributed by atoms with Crippen LogP contribution in [0.1, 0.15) is 5.82 Å². The van der Waals surface area contributed by atoms with Gasteiger partial charge < -0.3 is 5.32 Å². The first-order valence-corrected chi connectivity index (χ1v) is 4.81. The summed E-state index contributed by atoms with van der Waals surface area (Å²) in [6.07, 6.45) is 4.60. The number of halogens is 1. The molecule has 0 amide bonds. The van der Waals surface area contributed by atoms with Gasteiger partial charge in [0, 0.05) is 18.8 Å². The monoisotopic (exact) mass is 227 g/mol. The minimum absolute atomic E-state index is 0.742. The van der Waals surface area contributed by atoms with Gasteiger partial charge in [0.05, 0.1) is 4.47 Å². The van der Waals surface area contributed by atoms with Gasteiger partial charge in [-0.25, -0.2) is 9.97 Å². The van der Waals surface area contributed by atoms with E-state index in [9.17, 15) is 0 Å². The Balaban J connectivity index is 1.98. The summed E-state index contributed by atoms with van der Waals surface area (Å²) in [7, 11) is 0. The van der Waals surface area contributed by atoms with Crippen molar-refractivity contribution in [3.8, 4) is 0 Å². The largest absolute Gasteiger partial charge is 0.316 e. The topological polar surface area (TPSA) is 37.8 Å². The predicted octanol–water partition coefficient (Wildman–Crippen LogP) is 1.00. The Kier molecular flexibility index (Phi) is 2.37. The standard InChI is InChI=1S/C8H10BrN3/c9-7-4-11-8(12-5-7)1-6-2-10-3-6/h4-6,10H,1-3H2. The zero-order chi connectivity index (χ0) is 8.39. The molecule has 2 rings (SSSR count). The molecule has 1 aliphatic rings. The van der Waals surface area contributed by atoms with Crippen LogP contribution in [0.5, 0.6) is 0 Å². The lowest BCUT2D eigenvalue weighted by Gasteiger charge is -2.26. The molecular formula is C8H10BrN3. The molecule has 0 aromatic carbocycles. The molecule has 64 valence electrons. The van der Waals surface area contributed by atoms with Gasteiger partial charge >= 0.3 is 0 Å². The minimum Gasteiger partial charge on any atom is -0.316 e. The molecule has 0 spiro atoms. The van der Waals surface area contributed by atoms with E-state index in [1.807, 2.05) is 0 Å². The molecule has 4 heteroatoms. The highest BCUT2D eigenvalue weighted by atomic mass is 79.9. The molecule has 0 aliphatic carbocycles. The zero-order valence-corrected chi connectivity index (χ0v) is 8.21. The molecule has 1 aromatic heterocycles. The maximum atomic E-state index is 4.21. The smallest absolute Gasteiger partial charge is 0.128 e. The van der Waals surface area contributed by atoms with Crippen molar-refractivity contribution in [2.75, 3.05) is 13.1 Å². The Morgan fingerprint density at radius 2 is 2.08 bits per heavy atom. The molecule has 0 bridgehead atoms. The van der Waals surface area contributed by atoms with Crippen LogP contribution in [0.15, 0.2) is 16.9 Å². The average Bonchev–Trinajstić information content (AvgIpc) is 2.00. The number of hydrogen-bond donors (Lipinski definition) is 1. The molecule has 12 heavy (non-hydrogen) atoms. The van der Waals surface area contributed by atoms with E-state index in [2.05, 4.69) is 31.2 Å². The van der Waals surface area contributed by atoms with Crippen LogP contribution in [0.3, 0.4) is 0 Å². The van der Waals surface area contributed by atoms with Gasteiger partial charge in [0.15, 0.2) is 0 Å². The molecule has 3 nitrogen and oxygen atoms in total. The summed E-state index contributed by atoms with van der Waals surface area (Å²) in [5, 5.41) is 3.23. The third-order valence-electron chi connectivity index (χ3n) is 2.01. The first kappa shape index (κ1) is 8.13. The maximum Gasteiger partial charge on any atom is 0.128 e. The van der Waals surface area contributed by atoms with Gasteiger partial charge in [0.25, 0.3) is 0 Å². The molecule has 0 unspecified atom stereocenters. The van der Waals surface area contributed by atoms with Crippen molar-refractivity contribution in [2.24, 2.45) is 5.92 Å². The molecular weight excluding hydrogens is 218 g/mol. The van der Waals surface area contributed by atoms with Gasteiger partial charge in [-0.15, -0.1) is 0 Å². The van der Waals surface area contributed by atoms with Crippen molar-refractivity contribution < 1.29 is 0 Å². The molecule has 1 saturated heterocycles. The van der Waals surface area contributed by atoms with Gasteiger partial charge in [-0.1, -0.05) is 0 Å². The Morgan fingerprint density at radius 3 is 2.58 bits per heavy atom. The van der Waals surface area contributed by atoms with E-state index in [-0.39, 0.29) is 0 Å². The van der Waals surface area contributed by atoms with E-state index < -0.39 is 0 Å². The lowest BCUT2D eigenvalue weighted by Crippen LogP contribution is -2.43. The third kappa shape index (κ3) is 1.81. The van der Waals surface area contributed by atoms with Crippen LogP contribution in [-0.2, 0) is 6.42 Å². The highest BCUT2D eigenvalue weighted by molar-refractivity contribution is 9.10. The predicted molar refractivity (Wildman–Crippen MR) is 49.8 cm³/mol. The molecule has 1 aromatic rings. The van der Waals surface area contributed by atoms with Crippen molar-refractivity contribution in [1.29, 1.82) is 0 Å². The van der Waals surface area contributed by atoms with Crippen LogP contribution >= 0.6 is 15.9 Å². The molecule has 1 aliphatic heterocycles. The third-order valence-corrected chi connectivity index (χ3v) is 2.42. The van der Waals surface area contributed by atoms with Gasteiger partial charge in [0.1, 0.15) is 5.82 Å². The highest BCUT2D eigenvalue weighted by Gasteiger charge is 2.17. The Hall–Kier alpha value is -0.480. The lowest BCUT2D eigenvalue weighted by atomic mass is 9.99. The van der Waals surface area contributed by atoms with E-state index >= 15 is 0 Å². The zero-order valence-electron chi connectivity index (χ0n) is 6.63. The van der Waals surface area contributed by atoms with Gasteiger partial charge in [0.2, 0.25) is 0 Å². The maximum absolute atomic E-state index is 4.21. The normalized spacial score (nSPS) is 17.4. The van der Waals surface area contributed by atoms with Crippen LogP contribution in [-0.4, -0.2) is 23.1 Å². The lowest BCUT2D eigenvalue weighted by molar-refractivity contribution is 0.341. The Morgan fingerprint density at radius 1 is 1.42 bits per heavy atom. The fourth-order valence-electron chi connectivity index (χ4n) is 1.20. The number of aromatic nitrogens is 2. The van der Waals surface area contributed by atoms with Crippen LogP contribution in [0.25, 0.3) is 0 Å². The first-order chi connectivity index (χ1) is 5.84. The van der Waals surface area contributed by atoms with E-state index in [0.29, 0.717) is 0 Å². The summed E-state index contributed by atoms with van der Waals surface area (Å²) >= 11 is 3.31. The second-order valence-corrected chi connectivity index (χ2v) is 3.96. The van der Waals surface area contributed by atoms with Crippen molar-refractivity contribution in [2.45, 2.75) is 6.42 Å². The number of nitrogens with zero attached hydrogens (tertiary/aromatic N) is 2. The van der Waals surface area contributed by atoms with E-state index in [1.54, 1.807) is 12.4 Å². The van der Waals surface area contributed by atoms with Crippen molar-refractivity contribution in [3.05, 3.63) is 22.7 Å². The van der Waals surface area contributed by atoms with E-state index in [4.69, 9.17) is 0 Å². The van der Waals surface area contributed by atoms with E-state index in [1.165, 1.54) is 0 Å². The highest BCUT2D eigenvalue weighted by Crippen LogP contribution is 2.10. The summed E-state index contributed by atoms with van der Waals surface area (Å²) in [6.45, 7) is 2.22. The minimum atomic E-state index is 0.742. The quantitative estimate of drug-likeness (QED) is 0.820. The second-order valence-electron chi connectivity index (χ2n) is 3.05. The summed E-state index contributed by atoms with van der Waals surface area (Å²) in [4.78, 5) is 8.43. The van der Waals surface area contributed by atoms with Crippen LogP contribution in [0.2, 0.25) is 0 Å². The van der Waals surface area contributed by atoms with Crippen LogP contribution in [0.4, 0.5) is 0 Å². The Labute approximate surface area is 79.7 Å². The van der Waals surface area contributed by atoms with Crippen molar-refractivity contribution in [1.82, 2.24) is 15.3 Å². The fourth-order valence-corrected chi connectivity index (χ4v) is 1.40. The molecule has 0 atom stereocenters. The molecule has 2 heterocycles. The van der Waals surface area contributed by atoms with Crippen LogP contribution in [0, 0.1) is 5.92 Å². The van der Waals surface area contributed by atoms with Crippen LogP contribution < -0.4 is 5.32 Å². The van der Waals surface area contributed by atoms with Gasteiger partial charge in [-0.2, -0.15) is 0 Å². The number of nitrogens with one attached hydrogen (secondary N) is 1. The second kappa shape index (κ2) is 3.49. The van der Waals surface area contributed by atoms with E-state index in [0.717, 1.165) is 35.7 Å². The fraction of sp³-hybridized carbons (Fsp3) is 0.500. The van der Waals surface area contributed by atoms with Gasteiger partial charge in [-0.3, -0.25) is 0 Å². The molecule has 0 radical (unpaired) electrons. The summed E-state index contributed by atoms with van der Waals surface area (Å²) < 4.78 is 0.943. The Bertz CT molecular complexity index is 256. The van der Waals surface area contributed by atoms with Crippen molar-refractivity contribution >= 4 is 15.9 Å². The summed E-state index contributed by atoms with van der Waals surface area (Å²) in [5.74, 6) is 1.69. The molecule has 0 saturated carbocycles. The molecule has 1 N–H and O–H groups in total. The average molecular weight is 228 g/mol. The first-order valence-electron chi connectivity index (χ1n) is 4.02. The number of rotatable bonds is 2. The van der Waals surface area contributed by atoms with Gasteiger partial charge in [-0.05, 0) is 34.9 Å². The number of hydrogen-bond acceptors (Lipinski definition) is 3. The summed E-state index contributed by atoms with van der Waals surface area (Å²) in [6, 6.07) is 0. The molecule has 1 fully saturated rings. The summed E-state index contributed by atoms with van der Waals surface area (Å²) in [5.41, 5.74) is 0. The SMILES string of the molecule is Brc1cnc(CC2CNC2)nc1. The van der Waals surface area contributed by atoms with Crippen molar-refractivity contribution in [3.63, 3.8) is 0 Å².